The van der Waals surface area contributed by atoms with E-state index in [0.29, 0.717) is 0 Å². The Morgan fingerprint density at radius 1 is 0.313 bits per heavy atom. The first-order valence-corrected chi connectivity index (χ1v) is 23.2. The van der Waals surface area contributed by atoms with E-state index in [1.807, 2.05) is 0 Å². The molecule has 0 spiro atoms. The SMILES string of the molecule is c1ccc(-c2ccc(N(c3ccc(-c4ccc5c(c4)c4ccccc4n5-c4ccccc4)cc3)c3cc4c(c5ccccc35)-c3ccccc3C4(c3ccccc3)c3ccccc3)cc2)cc1. The van der Waals surface area contributed by atoms with E-state index in [1.54, 1.807) is 0 Å². The van der Waals surface area contributed by atoms with Gasteiger partial charge in [-0.05, 0) is 122 Å². The van der Waals surface area contributed by atoms with Gasteiger partial charge < -0.3 is 9.47 Å². The number of nitrogens with zero attached hydrogens (tertiary/aromatic N) is 2. The van der Waals surface area contributed by atoms with Crippen molar-refractivity contribution in [1.82, 2.24) is 4.57 Å². The number of para-hydroxylation sites is 2. The van der Waals surface area contributed by atoms with Gasteiger partial charge in [-0.2, -0.15) is 0 Å². The molecule has 2 nitrogen and oxygen atoms in total. The molecular weight excluding hydrogens is 809 g/mol. The highest BCUT2D eigenvalue weighted by molar-refractivity contribution is 6.12. The highest BCUT2D eigenvalue weighted by atomic mass is 15.1. The molecule has 2 heteroatoms. The monoisotopic (exact) mass is 852 g/mol. The molecule has 11 aromatic carbocycles. The fraction of sp³-hybridized carbons (Fsp3) is 0.0154. The normalized spacial score (nSPS) is 12.6. The third-order valence-corrected chi connectivity index (χ3v) is 14.1. The van der Waals surface area contributed by atoms with Crippen LogP contribution in [-0.2, 0) is 5.41 Å². The van der Waals surface area contributed by atoms with Gasteiger partial charge in [0.25, 0.3) is 0 Å². The molecule has 67 heavy (non-hydrogen) atoms. The van der Waals surface area contributed by atoms with Crippen molar-refractivity contribution in [1.29, 1.82) is 0 Å². The number of anilines is 3. The van der Waals surface area contributed by atoms with Crippen LogP contribution in [0.1, 0.15) is 22.3 Å². The zero-order chi connectivity index (χ0) is 44.3. The zero-order valence-corrected chi connectivity index (χ0v) is 36.8. The lowest BCUT2D eigenvalue weighted by atomic mass is 9.67. The maximum atomic E-state index is 2.51. The Morgan fingerprint density at radius 3 is 1.45 bits per heavy atom. The highest BCUT2D eigenvalue weighted by Crippen LogP contribution is 2.59. The minimum absolute atomic E-state index is 0.553. The number of fused-ring (bicyclic) bond motifs is 8. The van der Waals surface area contributed by atoms with Crippen LogP contribution in [0.25, 0.3) is 71.6 Å². The fourth-order valence-electron chi connectivity index (χ4n) is 11.1. The number of aromatic nitrogens is 1. The number of benzene rings is 11. The van der Waals surface area contributed by atoms with Crippen molar-refractivity contribution in [2.75, 3.05) is 4.90 Å². The topological polar surface area (TPSA) is 8.17 Å². The Labute approximate surface area is 390 Å². The van der Waals surface area contributed by atoms with Crippen LogP contribution in [0.3, 0.4) is 0 Å². The Kier molecular flexibility index (Phi) is 9.11. The summed E-state index contributed by atoms with van der Waals surface area (Å²) in [6.45, 7) is 0. The molecule has 314 valence electrons. The predicted molar refractivity (Wildman–Crippen MR) is 281 cm³/mol. The third kappa shape index (κ3) is 6.11. The molecule has 0 atom stereocenters. The van der Waals surface area contributed by atoms with Gasteiger partial charge in [0.1, 0.15) is 0 Å². The Balaban J connectivity index is 1.02. The molecule has 0 N–H and O–H groups in total. The van der Waals surface area contributed by atoms with E-state index >= 15 is 0 Å². The minimum atomic E-state index is -0.553. The summed E-state index contributed by atoms with van der Waals surface area (Å²) in [5.41, 5.74) is 18.7. The number of hydrogen-bond acceptors (Lipinski definition) is 1. The van der Waals surface area contributed by atoms with Crippen LogP contribution < -0.4 is 4.90 Å². The van der Waals surface area contributed by atoms with Crippen molar-refractivity contribution in [3.05, 3.63) is 289 Å². The average Bonchev–Trinajstić information content (AvgIpc) is 3.91. The first-order chi connectivity index (χ1) is 33.3. The van der Waals surface area contributed by atoms with Gasteiger partial charge in [0.05, 0.1) is 22.1 Å². The lowest BCUT2D eigenvalue weighted by Crippen LogP contribution is -2.28. The maximum absolute atomic E-state index is 2.51. The second-order valence-electron chi connectivity index (χ2n) is 17.6. The lowest BCUT2D eigenvalue weighted by Gasteiger charge is -2.35. The Hall–Kier alpha value is -8.72. The molecule has 1 heterocycles. The summed E-state index contributed by atoms with van der Waals surface area (Å²) in [7, 11) is 0. The standard InChI is InChI=1S/C65H44N2/c1-5-19-45(20-6-1)46-33-38-52(39-34-46)66(53-40-35-47(36-41-53)48-37-42-62-58(43-48)55-28-16-18-32-61(55)67(62)51-25-11-4-12-26-51)63-44-60-64(56-29-14-13-27-54(56)63)57-30-15-17-31-59(57)65(60,49-21-7-2-8-22-49)50-23-9-3-10-24-50/h1-44H. The number of rotatable bonds is 8. The lowest BCUT2D eigenvalue weighted by molar-refractivity contribution is 0.769. The molecule has 0 fully saturated rings. The van der Waals surface area contributed by atoms with Gasteiger partial charge >= 0.3 is 0 Å². The van der Waals surface area contributed by atoms with Crippen molar-refractivity contribution in [3.8, 4) is 39.1 Å². The molecule has 1 aromatic heterocycles. The first kappa shape index (κ1) is 38.7. The van der Waals surface area contributed by atoms with Crippen LogP contribution in [0.5, 0.6) is 0 Å². The first-order valence-electron chi connectivity index (χ1n) is 23.2. The molecule has 0 amide bonds. The molecule has 0 unspecified atom stereocenters. The molecule has 13 rings (SSSR count). The highest BCUT2D eigenvalue weighted by Gasteiger charge is 2.47. The minimum Gasteiger partial charge on any atom is -0.310 e. The Bertz CT molecular complexity index is 3720. The van der Waals surface area contributed by atoms with Crippen LogP contribution in [0.4, 0.5) is 17.1 Å². The van der Waals surface area contributed by atoms with Crippen LogP contribution in [0, 0.1) is 0 Å². The van der Waals surface area contributed by atoms with E-state index in [-0.39, 0.29) is 0 Å². The van der Waals surface area contributed by atoms with E-state index in [1.165, 1.54) is 88.2 Å². The van der Waals surface area contributed by atoms with Gasteiger partial charge in [0.2, 0.25) is 0 Å². The molecular formula is C65H44N2. The second kappa shape index (κ2) is 15.8. The van der Waals surface area contributed by atoms with E-state index < -0.39 is 5.41 Å². The molecule has 12 aromatic rings. The average molecular weight is 853 g/mol. The van der Waals surface area contributed by atoms with E-state index in [0.717, 1.165) is 22.7 Å². The molecule has 0 aliphatic heterocycles. The second-order valence-corrected chi connectivity index (χ2v) is 17.6. The third-order valence-electron chi connectivity index (χ3n) is 14.1. The predicted octanol–water partition coefficient (Wildman–Crippen LogP) is 17.1. The fourth-order valence-corrected chi connectivity index (χ4v) is 11.1. The molecule has 0 saturated carbocycles. The number of hydrogen-bond donors (Lipinski definition) is 0. The molecule has 0 bridgehead atoms. The Morgan fingerprint density at radius 2 is 0.791 bits per heavy atom. The molecule has 1 aliphatic carbocycles. The van der Waals surface area contributed by atoms with Crippen molar-refractivity contribution >= 4 is 49.6 Å². The van der Waals surface area contributed by atoms with Crippen molar-refractivity contribution in [3.63, 3.8) is 0 Å². The molecule has 0 saturated heterocycles. The van der Waals surface area contributed by atoms with E-state index in [4.69, 9.17) is 0 Å². The van der Waals surface area contributed by atoms with E-state index in [2.05, 4.69) is 276 Å². The van der Waals surface area contributed by atoms with Crippen LogP contribution in [-0.4, -0.2) is 4.57 Å². The summed E-state index contributed by atoms with van der Waals surface area (Å²) < 4.78 is 2.38. The summed E-state index contributed by atoms with van der Waals surface area (Å²) in [4.78, 5) is 2.47. The molecule has 0 radical (unpaired) electrons. The van der Waals surface area contributed by atoms with Crippen LogP contribution in [0.15, 0.2) is 267 Å². The van der Waals surface area contributed by atoms with Gasteiger partial charge in [-0.15, -0.1) is 0 Å². The van der Waals surface area contributed by atoms with Gasteiger partial charge in [-0.25, -0.2) is 0 Å². The van der Waals surface area contributed by atoms with Gasteiger partial charge in [-0.1, -0.05) is 206 Å². The van der Waals surface area contributed by atoms with Gasteiger partial charge in [0.15, 0.2) is 0 Å². The zero-order valence-electron chi connectivity index (χ0n) is 36.8. The largest absolute Gasteiger partial charge is 0.310 e. The summed E-state index contributed by atoms with van der Waals surface area (Å²) >= 11 is 0. The van der Waals surface area contributed by atoms with E-state index in [9.17, 15) is 0 Å². The maximum Gasteiger partial charge on any atom is 0.0714 e. The van der Waals surface area contributed by atoms with Crippen molar-refractivity contribution < 1.29 is 0 Å². The smallest absolute Gasteiger partial charge is 0.0714 e. The van der Waals surface area contributed by atoms with Gasteiger partial charge in [0, 0.05) is 33.2 Å². The summed E-state index contributed by atoms with van der Waals surface area (Å²) in [5, 5.41) is 4.93. The van der Waals surface area contributed by atoms with Crippen LogP contribution >= 0.6 is 0 Å². The van der Waals surface area contributed by atoms with Crippen molar-refractivity contribution in [2.24, 2.45) is 0 Å². The van der Waals surface area contributed by atoms with Crippen molar-refractivity contribution in [2.45, 2.75) is 5.41 Å². The summed E-state index contributed by atoms with van der Waals surface area (Å²) in [5.74, 6) is 0. The summed E-state index contributed by atoms with van der Waals surface area (Å²) in [6.07, 6.45) is 0. The van der Waals surface area contributed by atoms with Gasteiger partial charge in [-0.3, -0.25) is 0 Å². The molecule has 1 aliphatic rings. The quantitative estimate of drug-likeness (QED) is 0.148. The van der Waals surface area contributed by atoms with Crippen LogP contribution in [0.2, 0.25) is 0 Å². The summed E-state index contributed by atoms with van der Waals surface area (Å²) in [6, 6.07) is 98.1.